The molecule has 1 aliphatic heterocycles. The summed E-state index contributed by atoms with van der Waals surface area (Å²) in [5.74, 6) is -0.145. The molecule has 0 radical (unpaired) electrons. The Hall–Kier alpha value is -0.940. The summed E-state index contributed by atoms with van der Waals surface area (Å²) < 4.78 is 0. The molecule has 1 amide bonds. The van der Waals surface area contributed by atoms with Crippen molar-refractivity contribution in [3.63, 3.8) is 0 Å². The topological polar surface area (TPSA) is 89.4 Å². The number of amides is 1. The van der Waals surface area contributed by atoms with Crippen LogP contribution >= 0.6 is 0 Å². The van der Waals surface area contributed by atoms with Crippen LogP contribution in [0.4, 0.5) is 0 Å². The van der Waals surface area contributed by atoms with Gasteiger partial charge in [0.25, 0.3) is 0 Å². The van der Waals surface area contributed by atoms with Crippen LogP contribution < -0.4 is 11.5 Å². The van der Waals surface area contributed by atoms with Crippen molar-refractivity contribution in [2.24, 2.45) is 17.4 Å². The molecule has 5 heteroatoms. The van der Waals surface area contributed by atoms with E-state index in [9.17, 15) is 9.59 Å². The molecule has 3 unspecified atom stereocenters. The smallest absolute Gasteiger partial charge is 0.221 e. The van der Waals surface area contributed by atoms with Gasteiger partial charge in [0.05, 0.1) is 12.2 Å². The Bertz CT molecular complexity index is 254. The molecular weight excluding hydrogens is 182 g/mol. The fraction of sp³-hybridized carbons (Fsp3) is 0.778. The van der Waals surface area contributed by atoms with Crippen molar-refractivity contribution in [1.29, 1.82) is 0 Å². The Morgan fingerprint density at radius 1 is 1.43 bits per heavy atom. The average Bonchev–Trinajstić information content (AvgIpc) is 2.42. The SMILES string of the molecule is CC(=O)C1CC(CN)C(N)N1C(C)=O. The number of carbonyl (C=O) groups excluding carboxylic acids is 2. The van der Waals surface area contributed by atoms with Gasteiger partial charge in [0.1, 0.15) is 0 Å². The minimum absolute atomic E-state index is 0.0217. The molecule has 1 fully saturated rings. The van der Waals surface area contributed by atoms with Gasteiger partial charge in [0.2, 0.25) is 5.91 Å². The van der Waals surface area contributed by atoms with Crippen LogP contribution in [0.3, 0.4) is 0 Å². The van der Waals surface area contributed by atoms with Crippen molar-refractivity contribution in [3.8, 4) is 0 Å². The zero-order valence-corrected chi connectivity index (χ0v) is 8.56. The number of hydrogen-bond acceptors (Lipinski definition) is 4. The second-order valence-corrected chi connectivity index (χ2v) is 3.77. The lowest BCUT2D eigenvalue weighted by Gasteiger charge is -2.26. The highest BCUT2D eigenvalue weighted by Gasteiger charge is 2.41. The number of carbonyl (C=O) groups is 2. The van der Waals surface area contributed by atoms with Gasteiger partial charge in [-0.1, -0.05) is 0 Å². The molecule has 80 valence electrons. The number of ketones is 1. The Morgan fingerprint density at radius 3 is 2.29 bits per heavy atom. The second kappa shape index (κ2) is 4.06. The lowest BCUT2D eigenvalue weighted by Crippen LogP contribution is -2.49. The first kappa shape index (κ1) is 11.1. The normalized spacial score (nSPS) is 32.0. The summed E-state index contributed by atoms with van der Waals surface area (Å²) in [4.78, 5) is 24.0. The van der Waals surface area contributed by atoms with Gasteiger partial charge < -0.3 is 16.4 Å². The summed E-state index contributed by atoms with van der Waals surface area (Å²) in [6, 6.07) is -0.379. The lowest BCUT2D eigenvalue weighted by atomic mass is 10.0. The van der Waals surface area contributed by atoms with Crippen LogP contribution in [0.2, 0.25) is 0 Å². The molecule has 0 saturated carbocycles. The predicted molar refractivity (Wildman–Crippen MR) is 52.1 cm³/mol. The van der Waals surface area contributed by atoms with Gasteiger partial charge in [-0.05, 0) is 19.9 Å². The maximum atomic E-state index is 11.3. The minimum atomic E-state index is -0.411. The molecule has 0 bridgehead atoms. The number of likely N-dealkylation sites (tertiary alicyclic amines) is 1. The van der Waals surface area contributed by atoms with Gasteiger partial charge in [-0.25, -0.2) is 0 Å². The van der Waals surface area contributed by atoms with Gasteiger partial charge in [-0.3, -0.25) is 9.59 Å². The predicted octanol–water partition coefficient (Wildman–Crippen LogP) is -0.944. The number of hydrogen-bond donors (Lipinski definition) is 2. The quantitative estimate of drug-likeness (QED) is 0.600. The van der Waals surface area contributed by atoms with Gasteiger partial charge in [-0.2, -0.15) is 0 Å². The standard InChI is InChI=1S/C9H17N3O2/c1-5(13)8-3-7(4-10)9(11)12(8)6(2)14/h7-9H,3-4,10-11H2,1-2H3. The highest BCUT2D eigenvalue weighted by molar-refractivity contribution is 5.87. The van der Waals surface area contributed by atoms with Crippen molar-refractivity contribution in [2.75, 3.05) is 6.54 Å². The monoisotopic (exact) mass is 199 g/mol. The highest BCUT2D eigenvalue weighted by atomic mass is 16.2. The van der Waals surface area contributed by atoms with Crippen LogP contribution in [0, 0.1) is 5.92 Å². The number of rotatable bonds is 2. The molecule has 4 N–H and O–H groups in total. The third-order valence-electron chi connectivity index (χ3n) is 2.80. The molecule has 3 atom stereocenters. The molecule has 0 aromatic carbocycles. The maximum Gasteiger partial charge on any atom is 0.221 e. The zero-order valence-electron chi connectivity index (χ0n) is 8.56. The summed E-state index contributed by atoms with van der Waals surface area (Å²) in [6.07, 6.45) is 0.179. The van der Waals surface area contributed by atoms with Crippen molar-refractivity contribution >= 4 is 11.7 Å². The van der Waals surface area contributed by atoms with E-state index in [4.69, 9.17) is 11.5 Å². The molecule has 0 aliphatic carbocycles. The Morgan fingerprint density at radius 2 is 2.00 bits per heavy atom. The summed E-state index contributed by atoms with van der Waals surface area (Å²) >= 11 is 0. The first-order valence-corrected chi connectivity index (χ1v) is 4.74. The van der Waals surface area contributed by atoms with Gasteiger partial charge in [-0.15, -0.1) is 0 Å². The third kappa shape index (κ3) is 1.78. The fourth-order valence-corrected chi connectivity index (χ4v) is 2.00. The van der Waals surface area contributed by atoms with E-state index in [1.807, 2.05) is 0 Å². The van der Waals surface area contributed by atoms with Gasteiger partial charge in [0, 0.05) is 12.8 Å². The van der Waals surface area contributed by atoms with E-state index in [1.54, 1.807) is 0 Å². The Balaban J connectivity index is 2.87. The number of Topliss-reactive ketones (excluding diaryl/α,β-unsaturated/α-hetero) is 1. The number of nitrogens with zero attached hydrogens (tertiary/aromatic N) is 1. The Labute approximate surface area is 83.4 Å². The van der Waals surface area contributed by atoms with Crippen LogP contribution in [-0.2, 0) is 9.59 Å². The van der Waals surface area contributed by atoms with Crippen LogP contribution in [0.25, 0.3) is 0 Å². The van der Waals surface area contributed by atoms with Crippen molar-refractivity contribution in [3.05, 3.63) is 0 Å². The molecule has 0 spiro atoms. The van der Waals surface area contributed by atoms with E-state index >= 15 is 0 Å². The van der Waals surface area contributed by atoms with Crippen LogP contribution in [0.1, 0.15) is 20.3 Å². The van der Waals surface area contributed by atoms with Crippen LogP contribution in [-0.4, -0.2) is 35.3 Å². The summed E-state index contributed by atoms with van der Waals surface area (Å²) in [5.41, 5.74) is 11.4. The Kier molecular flexibility index (Phi) is 3.23. The van der Waals surface area contributed by atoms with Crippen molar-refractivity contribution < 1.29 is 9.59 Å². The van der Waals surface area contributed by atoms with Crippen LogP contribution in [0.15, 0.2) is 0 Å². The molecular formula is C9H17N3O2. The van der Waals surface area contributed by atoms with E-state index < -0.39 is 6.17 Å². The van der Waals surface area contributed by atoms with Gasteiger partial charge >= 0.3 is 0 Å². The van der Waals surface area contributed by atoms with E-state index in [0.29, 0.717) is 13.0 Å². The summed E-state index contributed by atoms with van der Waals surface area (Å²) in [5, 5.41) is 0. The van der Waals surface area contributed by atoms with Crippen molar-refractivity contribution in [1.82, 2.24) is 4.90 Å². The second-order valence-electron chi connectivity index (χ2n) is 3.77. The minimum Gasteiger partial charge on any atom is -0.330 e. The van der Waals surface area contributed by atoms with Gasteiger partial charge in [0.15, 0.2) is 5.78 Å². The molecule has 0 aromatic rings. The summed E-state index contributed by atoms with van der Waals surface area (Å²) in [7, 11) is 0. The molecule has 0 aromatic heterocycles. The molecule has 14 heavy (non-hydrogen) atoms. The fourth-order valence-electron chi connectivity index (χ4n) is 2.00. The van der Waals surface area contributed by atoms with E-state index in [0.717, 1.165) is 0 Å². The molecule has 1 heterocycles. The van der Waals surface area contributed by atoms with E-state index in [2.05, 4.69) is 0 Å². The van der Waals surface area contributed by atoms with Crippen LogP contribution in [0.5, 0.6) is 0 Å². The largest absolute Gasteiger partial charge is 0.330 e. The van der Waals surface area contributed by atoms with E-state index in [1.165, 1.54) is 18.7 Å². The molecule has 1 rings (SSSR count). The third-order valence-corrected chi connectivity index (χ3v) is 2.80. The summed E-state index contributed by atoms with van der Waals surface area (Å²) in [6.45, 7) is 3.32. The highest BCUT2D eigenvalue weighted by Crippen LogP contribution is 2.26. The molecule has 1 saturated heterocycles. The average molecular weight is 199 g/mol. The maximum absolute atomic E-state index is 11.3. The van der Waals surface area contributed by atoms with E-state index in [-0.39, 0.29) is 23.7 Å². The lowest BCUT2D eigenvalue weighted by molar-refractivity contribution is -0.137. The number of nitrogens with two attached hydrogens (primary N) is 2. The zero-order chi connectivity index (χ0) is 10.9. The first-order chi connectivity index (χ1) is 6.49. The molecule has 1 aliphatic rings. The molecule has 5 nitrogen and oxygen atoms in total. The van der Waals surface area contributed by atoms with Crippen molar-refractivity contribution in [2.45, 2.75) is 32.5 Å². The first-order valence-electron chi connectivity index (χ1n) is 4.74.